The summed E-state index contributed by atoms with van der Waals surface area (Å²) < 4.78 is 0. The Hall–Kier alpha value is -2.10. The van der Waals surface area contributed by atoms with E-state index < -0.39 is 0 Å². The Kier molecular flexibility index (Phi) is 4.72. The SMILES string of the molecule is CCNc1nccc(NCCc2cccc(C)c2)n1. The molecule has 1 aromatic carbocycles. The molecule has 0 bridgehead atoms. The molecule has 4 heteroatoms. The normalized spacial score (nSPS) is 10.2. The van der Waals surface area contributed by atoms with Crippen LogP contribution in [0.2, 0.25) is 0 Å². The van der Waals surface area contributed by atoms with Crippen LogP contribution in [0, 0.1) is 6.92 Å². The summed E-state index contributed by atoms with van der Waals surface area (Å²) in [5.74, 6) is 1.53. The van der Waals surface area contributed by atoms with E-state index in [4.69, 9.17) is 0 Å². The Balaban J connectivity index is 1.87. The van der Waals surface area contributed by atoms with Gasteiger partial charge in [0.15, 0.2) is 0 Å². The van der Waals surface area contributed by atoms with Crippen LogP contribution in [0.3, 0.4) is 0 Å². The summed E-state index contributed by atoms with van der Waals surface area (Å²) in [6.07, 6.45) is 2.75. The van der Waals surface area contributed by atoms with Crippen LogP contribution in [0.4, 0.5) is 11.8 Å². The van der Waals surface area contributed by atoms with Crippen LogP contribution in [0.25, 0.3) is 0 Å². The molecule has 1 aromatic heterocycles. The number of aromatic nitrogens is 2. The third-order valence-electron chi connectivity index (χ3n) is 2.79. The van der Waals surface area contributed by atoms with Crippen molar-refractivity contribution in [3.05, 3.63) is 47.7 Å². The molecule has 0 aliphatic carbocycles. The highest BCUT2D eigenvalue weighted by atomic mass is 15.1. The highest BCUT2D eigenvalue weighted by molar-refractivity contribution is 5.39. The molecule has 4 nitrogen and oxygen atoms in total. The zero-order valence-corrected chi connectivity index (χ0v) is 11.5. The van der Waals surface area contributed by atoms with Gasteiger partial charge in [0.05, 0.1) is 0 Å². The van der Waals surface area contributed by atoms with Gasteiger partial charge in [0.1, 0.15) is 5.82 Å². The Morgan fingerprint density at radius 1 is 1.16 bits per heavy atom. The summed E-state index contributed by atoms with van der Waals surface area (Å²) in [6.45, 7) is 5.84. The highest BCUT2D eigenvalue weighted by Gasteiger charge is 1.98. The molecule has 2 aromatic rings. The maximum Gasteiger partial charge on any atom is 0.224 e. The van der Waals surface area contributed by atoms with E-state index in [-0.39, 0.29) is 0 Å². The number of rotatable bonds is 6. The molecule has 0 atom stereocenters. The number of hydrogen-bond acceptors (Lipinski definition) is 4. The number of aryl methyl sites for hydroxylation is 1. The fourth-order valence-corrected chi connectivity index (χ4v) is 1.90. The number of nitrogens with one attached hydrogen (secondary N) is 2. The summed E-state index contributed by atoms with van der Waals surface area (Å²) in [4.78, 5) is 8.52. The van der Waals surface area contributed by atoms with E-state index in [0.29, 0.717) is 5.95 Å². The van der Waals surface area contributed by atoms with Gasteiger partial charge >= 0.3 is 0 Å². The van der Waals surface area contributed by atoms with E-state index in [1.807, 2.05) is 13.0 Å². The van der Waals surface area contributed by atoms with Crippen molar-refractivity contribution in [2.45, 2.75) is 20.3 Å². The molecule has 2 rings (SSSR count). The van der Waals surface area contributed by atoms with Gasteiger partial charge in [-0.1, -0.05) is 29.8 Å². The number of hydrogen-bond donors (Lipinski definition) is 2. The Labute approximate surface area is 114 Å². The van der Waals surface area contributed by atoms with Crippen molar-refractivity contribution in [3.63, 3.8) is 0 Å². The van der Waals surface area contributed by atoms with Crippen molar-refractivity contribution >= 4 is 11.8 Å². The third-order valence-corrected chi connectivity index (χ3v) is 2.79. The molecular weight excluding hydrogens is 236 g/mol. The minimum Gasteiger partial charge on any atom is -0.370 e. The molecule has 100 valence electrons. The lowest BCUT2D eigenvalue weighted by Gasteiger charge is -2.07. The molecule has 19 heavy (non-hydrogen) atoms. The van der Waals surface area contributed by atoms with Crippen LogP contribution in [0.1, 0.15) is 18.1 Å². The number of nitrogens with zero attached hydrogens (tertiary/aromatic N) is 2. The topological polar surface area (TPSA) is 49.8 Å². The lowest BCUT2D eigenvalue weighted by atomic mass is 10.1. The summed E-state index contributed by atoms with van der Waals surface area (Å²) in [5, 5.41) is 6.42. The maximum absolute atomic E-state index is 4.38. The first-order chi connectivity index (χ1) is 9.28. The van der Waals surface area contributed by atoms with E-state index in [2.05, 4.69) is 51.8 Å². The standard InChI is InChI=1S/C15H20N4/c1-3-16-15-18-10-8-14(19-15)17-9-7-13-6-4-5-12(2)11-13/h4-6,8,10-11H,3,7,9H2,1-2H3,(H2,16,17,18,19). The lowest BCUT2D eigenvalue weighted by Crippen LogP contribution is -2.08. The van der Waals surface area contributed by atoms with Gasteiger partial charge in [-0.2, -0.15) is 4.98 Å². The molecule has 1 heterocycles. The first-order valence-corrected chi connectivity index (χ1v) is 6.64. The summed E-state index contributed by atoms with van der Waals surface area (Å²) in [6, 6.07) is 10.5. The van der Waals surface area contributed by atoms with Crippen LogP contribution < -0.4 is 10.6 Å². The second kappa shape index (κ2) is 6.73. The molecule has 2 N–H and O–H groups in total. The van der Waals surface area contributed by atoms with Gasteiger partial charge in [0, 0.05) is 19.3 Å². The first-order valence-electron chi connectivity index (χ1n) is 6.64. The third kappa shape index (κ3) is 4.25. The lowest BCUT2D eigenvalue weighted by molar-refractivity contribution is 0.993. The van der Waals surface area contributed by atoms with Crippen LogP contribution in [0.15, 0.2) is 36.5 Å². The van der Waals surface area contributed by atoms with E-state index in [1.165, 1.54) is 11.1 Å². The molecule has 0 fully saturated rings. The highest BCUT2D eigenvalue weighted by Crippen LogP contribution is 2.07. The smallest absolute Gasteiger partial charge is 0.224 e. The fraction of sp³-hybridized carbons (Fsp3) is 0.333. The minimum absolute atomic E-state index is 0.669. The maximum atomic E-state index is 4.38. The van der Waals surface area contributed by atoms with Crippen molar-refractivity contribution in [2.75, 3.05) is 23.7 Å². The van der Waals surface area contributed by atoms with Gasteiger partial charge < -0.3 is 10.6 Å². The first kappa shape index (κ1) is 13.3. The number of benzene rings is 1. The monoisotopic (exact) mass is 256 g/mol. The number of anilines is 2. The quantitative estimate of drug-likeness (QED) is 0.834. The van der Waals surface area contributed by atoms with Crippen LogP contribution in [-0.4, -0.2) is 23.1 Å². The van der Waals surface area contributed by atoms with Gasteiger partial charge in [-0.15, -0.1) is 0 Å². The molecule has 0 radical (unpaired) electrons. The zero-order valence-electron chi connectivity index (χ0n) is 11.5. The average Bonchev–Trinajstić information content (AvgIpc) is 2.40. The largest absolute Gasteiger partial charge is 0.370 e. The zero-order chi connectivity index (χ0) is 13.5. The Morgan fingerprint density at radius 3 is 2.84 bits per heavy atom. The Morgan fingerprint density at radius 2 is 2.05 bits per heavy atom. The average molecular weight is 256 g/mol. The fourth-order valence-electron chi connectivity index (χ4n) is 1.90. The molecule has 0 amide bonds. The van der Waals surface area contributed by atoms with Gasteiger partial charge in [0.2, 0.25) is 5.95 Å². The molecule has 0 unspecified atom stereocenters. The van der Waals surface area contributed by atoms with Crippen molar-refractivity contribution in [1.82, 2.24) is 9.97 Å². The second-order valence-corrected chi connectivity index (χ2v) is 4.46. The van der Waals surface area contributed by atoms with Gasteiger partial charge in [-0.25, -0.2) is 4.98 Å². The predicted molar refractivity (Wildman–Crippen MR) is 79.6 cm³/mol. The van der Waals surface area contributed by atoms with Crippen LogP contribution in [-0.2, 0) is 6.42 Å². The van der Waals surface area contributed by atoms with E-state index in [9.17, 15) is 0 Å². The minimum atomic E-state index is 0.669. The summed E-state index contributed by atoms with van der Waals surface area (Å²) in [5.41, 5.74) is 2.64. The molecule has 0 aliphatic rings. The second-order valence-electron chi connectivity index (χ2n) is 4.46. The van der Waals surface area contributed by atoms with Gasteiger partial charge in [-0.3, -0.25) is 0 Å². The van der Waals surface area contributed by atoms with Crippen LogP contribution >= 0.6 is 0 Å². The van der Waals surface area contributed by atoms with Gasteiger partial charge in [0.25, 0.3) is 0 Å². The van der Waals surface area contributed by atoms with Crippen molar-refractivity contribution in [1.29, 1.82) is 0 Å². The predicted octanol–water partition coefficient (Wildman–Crippen LogP) is 2.87. The molecule has 0 saturated carbocycles. The molecule has 0 saturated heterocycles. The van der Waals surface area contributed by atoms with Crippen LogP contribution in [0.5, 0.6) is 0 Å². The molecule has 0 spiro atoms. The van der Waals surface area contributed by atoms with E-state index in [0.717, 1.165) is 25.3 Å². The van der Waals surface area contributed by atoms with E-state index in [1.54, 1.807) is 6.20 Å². The van der Waals surface area contributed by atoms with E-state index >= 15 is 0 Å². The van der Waals surface area contributed by atoms with Crippen molar-refractivity contribution in [3.8, 4) is 0 Å². The summed E-state index contributed by atoms with van der Waals surface area (Å²) >= 11 is 0. The van der Waals surface area contributed by atoms with Gasteiger partial charge in [-0.05, 0) is 31.9 Å². The molecular formula is C15H20N4. The summed E-state index contributed by atoms with van der Waals surface area (Å²) in [7, 11) is 0. The van der Waals surface area contributed by atoms with Crippen molar-refractivity contribution < 1.29 is 0 Å². The Bertz CT molecular complexity index is 525. The molecule has 0 aliphatic heterocycles. The van der Waals surface area contributed by atoms with Crippen molar-refractivity contribution in [2.24, 2.45) is 0 Å².